The number of hydrogen-bond acceptors (Lipinski definition) is 6. The normalized spacial score (nSPS) is 19.0. The molecule has 0 saturated carbocycles. The van der Waals surface area contributed by atoms with Gasteiger partial charge in [0, 0.05) is 26.3 Å². The van der Waals surface area contributed by atoms with Crippen molar-refractivity contribution in [1.29, 1.82) is 0 Å². The maximum absolute atomic E-state index is 13.1. The molecule has 0 aliphatic carbocycles. The minimum absolute atomic E-state index is 0.0484. The van der Waals surface area contributed by atoms with Gasteiger partial charge in [0.2, 0.25) is 11.9 Å². The largest absolute Gasteiger partial charge is 0.416 e. The van der Waals surface area contributed by atoms with E-state index in [1.165, 1.54) is 25.3 Å². The highest BCUT2D eigenvalue weighted by atomic mass is 19.4. The van der Waals surface area contributed by atoms with E-state index < -0.39 is 29.7 Å². The summed E-state index contributed by atoms with van der Waals surface area (Å²) in [7, 11) is 1.51. The second-order valence-corrected chi connectivity index (χ2v) is 7.12. The Morgan fingerprint density at radius 2 is 1.91 bits per heavy atom. The quantitative estimate of drug-likeness (QED) is 0.488. The van der Waals surface area contributed by atoms with Crippen LogP contribution < -0.4 is 5.32 Å². The van der Waals surface area contributed by atoms with Crippen molar-refractivity contribution in [2.24, 2.45) is 0 Å². The second-order valence-electron chi connectivity index (χ2n) is 7.12. The van der Waals surface area contributed by atoms with Crippen LogP contribution in [0.2, 0.25) is 0 Å². The van der Waals surface area contributed by atoms with Crippen LogP contribution in [0.15, 0.2) is 48.8 Å². The van der Waals surface area contributed by atoms with E-state index >= 15 is 0 Å². The van der Waals surface area contributed by atoms with Gasteiger partial charge in [0.05, 0.1) is 43.3 Å². The third-order valence-corrected chi connectivity index (χ3v) is 4.78. The van der Waals surface area contributed by atoms with Crippen LogP contribution in [-0.4, -0.2) is 59.7 Å². The van der Waals surface area contributed by atoms with Gasteiger partial charge in [-0.05, 0) is 17.7 Å². The molecular formula is C21H22F4N4O3. The van der Waals surface area contributed by atoms with Crippen LogP contribution in [0.3, 0.4) is 0 Å². The van der Waals surface area contributed by atoms with Gasteiger partial charge in [0.15, 0.2) is 5.82 Å². The molecule has 2 heterocycles. The van der Waals surface area contributed by atoms with Crippen LogP contribution >= 0.6 is 0 Å². The van der Waals surface area contributed by atoms with E-state index in [0.29, 0.717) is 12.2 Å². The Kier molecular flexibility index (Phi) is 7.75. The van der Waals surface area contributed by atoms with E-state index in [1.807, 2.05) is 0 Å². The number of nitrogens with zero attached hydrogens (tertiary/aromatic N) is 3. The van der Waals surface area contributed by atoms with Crippen molar-refractivity contribution in [1.82, 2.24) is 14.9 Å². The van der Waals surface area contributed by atoms with Gasteiger partial charge in [-0.15, -0.1) is 0 Å². The number of likely N-dealkylation sites (tertiary alicyclic amines) is 1. The summed E-state index contributed by atoms with van der Waals surface area (Å²) in [5.74, 6) is -0.657. The molecular weight excluding hydrogens is 432 g/mol. The Balaban J connectivity index is 1.67. The first kappa shape index (κ1) is 23.6. The number of halogens is 4. The number of nitrogens with one attached hydrogen (secondary N) is 1. The van der Waals surface area contributed by atoms with Crippen LogP contribution in [0.1, 0.15) is 11.1 Å². The van der Waals surface area contributed by atoms with Crippen LogP contribution in [0, 0.1) is 5.82 Å². The maximum atomic E-state index is 13.1. The summed E-state index contributed by atoms with van der Waals surface area (Å²) in [4.78, 5) is 21.7. The van der Waals surface area contributed by atoms with Crippen molar-refractivity contribution in [3.8, 4) is 0 Å². The molecule has 0 spiro atoms. The van der Waals surface area contributed by atoms with Gasteiger partial charge in [-0.3, -0.25) is 4.79 Å². The minimum atomic E-state index is -4.41. The van der Waals surface area contributed by atoms with Gasteiger partial charge >= 0.3 is 6.18 Å². The molecule has 0 bridgehead atoms. The molecule has 1 fully saturated rings. The fraction of sp³-hybridized carbons (Fsp3) is 0.381. The van der Waals surface area contributed by atoms with Crippen molar-refractivity contribution in [3.63, 3.8) is 0 Å². The Morgan fingerprint density at radius 3 is 2.53 bits per heavy atom. The second kappa shape index (κ2) is 10.5. The van der Waals surface area contributed by atoms with Crippen LogP contribution in [0.25, 0.3) is 0 Å². The summed E-state index contributed by atoms with van der Waals surface area (Å²) in [6.45, 7) is 0.857. The summed E-state index contributed by atoms with van der Waals surface area (Å²) in [6.07, 6.45) is 0.104. The number of rotatable bonds is 8. The average molecular weight is 454 g/mol. The Labute approximate surface area is 182 Å². The topological polar surface area (TPSA) is 76.6 Å². The first-order chi connectivity index (χ1) is 15.3. The highest BCUT2D eigenvalue weighted by Gasteiger charge is 2.36. The van der Waals surface area contributed by atoms with Crippen molar-refractivity contribution < 1.29 is 31.8 Å². The molecule has 1 aliphatic heterocycles. The lowest BCUT2D eigenvalue weighted by atomic mass is 10.1. The van der Waals surface area contributed by atoms with Gasteiger partial charge in [-0.25, -0.2) is 14.4 Å². The number of carbonyl (C=O) groups excluding carboxylic acids is 1. The molecule has 1 amide bonds. The number of amides is 1. The molecule has 1 aromatic heterocycles. The molecule has 2 aromatic rings. The lowest BCUT2D eigenvalue weighted by molar-refractivity contribution is -0.137. The molecule has 172 valence electrons. The molecule has 0 radical (unpaired) electrons. The summed E-state index contributed by atoms with van der Waals surface area (Å²) < 4.78 is 62.1. The molecule has 1 aromatic carbocycles. The van der Waals surface area contributed by atoms with E-state index in [1.54, 1.807) is 11.0 Å². The highest BCUT2D eigenvalue weighted by Crippen LogP contribution is 2.29. The first-order valence-corrected chi connectivity index (χ1v) is 9.72. The Bertz CT molecular complexity index is 920. The van der Waals surface area contributed by atoms with E-state index in [9.17, 15) is 22.4 Å². The molecule has 1 aliphatic rings. The first-order valence-electron chi connectivity index (χ1n) is 9.72. The van der Waals surface area contributed by atoms with Crippen molar-refractivity contribution in [2.75, 3.05) is 32.1 Å². The zero-order valence-electron chi connectivity index (χ0n) is 17.2. The number of hydrogen-bond donors (Lipinski definition) is 1. The third-order valence-electron chi connectivity index (χ3n) is 4.78. The van der Waals surface area contributed by atoms with Gasteiger partial charge in [-0.1, -0.05) is 18.2 Å². The molecule has 0 unspecified atom stereocenters. The number of anilines is 1. The zero-order chi connectivity index (χ0) is 23.1. The summed E-state index contributed by atoms with van der Waals surface area (Å²) in [5, 5.41) is 3.03. The fourth-order valence-corrected chi connectivity index (χ4v) is 3.16. The molecule has 2 atom stereocenters. The van der Waals surface area contributed by atoms with Crippen LogP contribution in [0.4, 0.5) is 23.5 Å². The number of methoxy groups -OCH3 is 1. The molecule has 7 nitrogen and oxygen atoms in total. The monoisotopic (exact) mass is 454 g/mol. The number of aromatic nitrogens is 2. The predicted octanol–water partition coefficient (Wildman–Crippen LogP) is 3.05. The van der Waals surface area contributed by atoms with Gasteiger partial charge in [-0.2, -0.15) is 13.2 Å². The average Bonchev–Trinajstić information content (AvgIpc) is 3.16. The summed E-state index contributed by atoms with van der Waals surface area (Å²) in [6, 6.07) is 4.27. The van der Waals surface area contributed by atoms with E-state index in [0.717, 1.165) is 24.5 Å². The lowest BCUT2D eigenvalue weighted by Gasteiger charge is -2.20. The lowest BCUT2D eigenvalue weighted by Crippen LogP contribution is -2.35. The van der Waals surface area contributed by atoms with E-state index in [4.69, 9.17) is 9.47 Å². The van der Waals surface area contributed by atoms with Crippen molar-refractivity contribution >= 4 is 11.9 Å². The Morgan fingerprint density at radius 1 is 1.22 bits per heavy atom. The third kappa shape index (κ3) is 6.47. The summed E-state index contributed by atoms with van der Waals surface area (Å²) in [5.41, 5.74) is -0.186. The molecule has 32 heavy (non-hydrogen) atoms. The van der Waals surface area contributed by atoms with Crippen molar-refractivity contribution in [2.45, 2.75) is 24.9 Å². The number of alkyl halides is 3. The molecule has 1 N–H and O–H groups in total. The standard InChI is InChI=1S/C21H22F4N4O3/c1-31-8-2-3-19(30)29-11-17(28-20-26-9-16(22)10-27-20)18(12-29)32-13-14-4-6-15(7-5-14)21(23,24)25/h2-7,9-10,17-18H,8,11-13H2,1H3,(H,26,27,28)/b3-2+/t17-,18-/m1/s1. The number of benzene rings is 1. The number of ether oxygens (including phenoxy) is 2. The maximum Gasteiger partial charge on any atom is 0.416 e. The van der Waals surface area contributed by atoms with Crippen molar-refractivity contribution in [3.05, 3.63) is 65.8 Å². The summed E-state index contributed by atoms with van der Waals surface area (Å²) >= 11 is 0. The molecule has 1 saturated heterocycles. The molecule has 11 heteroatoms. The van der Waals surface area contributed by atoms with Crippen LogP contribution in [-0.2, 0) is 27.1 Å². The fourth-order valence-electron chi connectivity index (χ4n) is 3.16. The van der Waals surface area contributed by atoms with Gasteiger partial charge < -0.3 is 19.7 Å². The van der Waals surface area contributed by atoms with E-state index in [-0.39, 0.29) is 31.6 Å². The van der Waals surface area contributed by atoms with Gasteiger partial charge in [0.1, 0.15) is 0 Å². The van der Waals surface area contributed by atoms with Gasteiger partial charge in [0.25, 0.3) is 0 Å². The zero-order valence-corrected chi connectivity index (χ0v) is 17.2. The highest BCUT2D eigenvalue weighted by molar-refractivity contribution is 5.88. The minimum Gasteiger partial charge on any atom is -0.381 e. The predicted molar refractivity (Wildman–Crippen MR) is 107 cm³/mol. The Hall–Kier alpha value is -3.05. The number of carbonyl (C=O) groups is 1. The smallest absolute Gasteiger partial charge is 0.381 e. The molecule has 3 rings (SSSR count). The van der Waals surface area contributed by atoms with Crippen LogP contribution in [0.5, 0.6) is 0 Å². The van der Waals surface area contributed by atoms with E-state index in [2.05, 4.69) is 15.3 Å². The SMILES string of the molecule is COC/C=C/C(=O)N1C[C@@H](Nc2ncc(F)cn2)[C@H](OCc2ccc(C(F)(F)F)cc2)C1.